The van der Waals surface area contributed by atoms with Gasteiger partial charge in [-0.15, -0.1) is 0 Å². The quantitative estimate of drug-likeness (QED) is 0.821. The minimum atomic E-state index is -1.09. The predicted molar refractivity (Wildman–Crippen MR) is 88.4 cm³/mol. The number of hydrogen-bond acceptors (Lipinski definition) is 3. The van der Waals surface area contributed by atoms with Crippen molar-refractivity contribution >= 4 is 5.91 Å². The number of aliphatic hydroxyl groups is 1. The van der Waals surface area contributed by atoms with Crippen LogP contribution in [0.4, 0.5) is 4.39 Å². The van der Waals surface area contributed by atoms with Gasteiger partial charge in [-0.05, 0) is 49.1 Å². The molecule has 2 aromatic rings. The van der Waals surface area contributed by atoms with Gasteiger partial charge in [0.05, 0.1) is 12.7 Å². The van der Waals surface area contributed by atoms with Crippen LogP contribution in [0.2, 0.25) is 0 Å². The van der Waals surface area contributed by atoms with Crippen LogP contribution in [0.25, 0.3) is 0 Å². The van der Waals surface area contributed by atoms with E-state index in [0.717, 1.165) is 12.4 Å². The summed E-state index contributed by atoms with van der Waals surface area (Å²) >= 11 is 0. The Morgan fingerprint density at radius 1 is 1.21 bits per heavy atom. The van der Waals surface area contributed by atoms with Crippen LogP contribution < -0.4 is 10.1 Å². The van der Waals surface area contributed by atoms with Crippen LogP contribution in [0.1, 0.15) is 34.9 Å². The molecule has 1 fully saturated rings. The third-order valence-corrected chi connectivity index (χ3v) is 4.02. The van der Waals surface area contributed by atoms with Gasteiger partial charge < -0.3 is 15.2 Å². The minimum absolute atomic E-state index is 0.0559. The summed E-state index contributed by atoms with van der Waals surface area (Å²) < 4.78 is 19.2. The fourth-order valence-electron chi connectivity index (χ4n) is 2.35. The van der Waals surface area contributed by atoms with E-state index in [4.69, 9.17) is 4.74 Å². The van der Waals surface area contributed by atoms with Gasteiger partial charge in [-0.2, -0.15) is 0 Å². The van der Waals surface area contributed by atoms with E-state index in [1.165, 1.54) is 25.0 Å². The summed E-state index contributed by atoms with van der Waals surface area (Å²) in [5.74, 6) is 0.605. The minimum Gasteiger partial charge on any atom is -0.493 e. The van der Waals surface area contributed by atoms with Crippen molar-refractivity contribution in [3.8, 4) is 5.75 Å². The van der Waals surface area contributed by atoms with Gasteiger partial charge in [-0.3, -0.25) is 4.79 Å². The predicted octanol–water partition coefficient (Wildman–Crippen LogP) is 3.08. The topological polar surface area (TPSA) is 58.6 Å². The molecule has 1 amide bonds. The van der Waals surface area contributed by atoms with E-state index >= 15 is 0 Å². The van der Waals surface area contributed by atoms with Crippen molar-refractivity contribution in [1.29, 1.82) is 0 Å². The van der Waals surface area contributed by atoms with Gasteiger partial charge in [-0.25, -0.2) is 4.39 Å². The highest BCUT2D eigenvalue weighted by molar-refractivity contribution is 5.94. The first kappa shape index (κ1) is 16.5. The van der Waals surface area contributed by atoms with Crippen molar-refractivity contribution in [2.24, 2.45) is 5.92 Å². The fourth-order valence-corrected chi connectivity index (χ4v) is 2.35. The van der Waals surface area contributed by atoms with Crippen molar-refractivity contribution in [3.63, 3.8) is 0 Å². The molecule has 1 saturated carbocycles. The molecule has 0 heterocycles. The molecular formula is C19H20FNO3. The van der Waals surface area contributed by atoms with Gasteiger partial charge in [0.25, 0.3) is 5.91 Å². The Morgan fingerprint density at radius 3 is 2.58 bits per heavy atom. The van der Waals surface area contributed by atoms with Gasteiger partial charge in [0.1, 0.15) is 11.6 Å². The maximum absolute atomic E-state index is 13.6. The van der Waals surface area contributed by atoms with E-state index in [9.17, 15) is 14.3 Å². The molecule has 0 radical (unpaired) electrons. The summed E-state index contributed by atoms with van der Waals surface area (Å²) in [6.07, 6.45) is 1.37. The molecule has 0 aliphatic heterocycles. The van der Waals surface area contributed by atoms with Crippen molar-refractivity contribution in [2.75, 3.05) is 13.2 Å². The van der Waals surface area contributed by atoms with Gasteiger partial charge in [0.15, 0.2) is 0 Å². The zero-order chi connectivity index (χ0) is 16.9. The largest absolute Gasteiger partial charge is 0.493 e. The van der Waals surface area contributed by atoms with Gasteiger partial charge >= 0.3 is 0 Å². The number of halogens is 1. The normalized spacial score (nSPS) is 14.9. The highest BCUT2D eigenvalue weighted by Crippen LogP contribution is 2.29. The monoisotopic (exact) mass is 329 g/mol. The Labute approximate surface area is 140 Å². The molecule has 2 aromatic carbocycles. The molecule has 0 spiro atoms. The Kier molecular flexibility index (Phi) is 5.11. The highest BCUT2D eigenvalue weighted by atomic mass is 19.1. The maximum Gasteiger partial charge on any atom is 0.251 e. The summed E-state index contributed by atoms with van der Waals surface area (Å²) in [5.41, 5.74) is 0.635. The molecule has 0 bridgehead atoms. The second-order valence-corrected chi connectivity index (χ2v) is 6.03. The molecule has 3 rings (SSSR count). The summed E-state index contributed by atoms with van der Waals surface area (Å²) in [4.78, 5) is 12.1. The first-order valence-electron chi connectivity index (χ1n) is 8.07. The van der Waals surface area contributed by atoms with E-state index in [0.29, 0.717) is 11.5 Å². The number of rotatable bonds is 7. The standard InChI is InChI=1S/C19H20FNO3/c20-17-4-2-1-3-16(17)18(22)11-21-19(23)14-7-9-15(10-8-14)24-12-13-5-6-13/h1-4,7-10,13,18,22H,5-6,11-12H2,(H,21,23). The Morgan fingerprint density at radius 2 is 1.92 bits per heavy atom. The summed E-state index contributed by atoms with van der Waals surface area (Å²) in [5, 5.41) is 12.6. The van der Waals surface area contributed by atoms with Crippen molar-refractivity contribution in [3.05, 3.63) is 65.5 Å². The summed E-state index contributed by atoms with van der Waals surface area (Å²) in [7, 11) is 0. The Balaban J connectivity index is 1.51. The number of hydrogen-bond donors (Lipinski definition) is 2. The second kappa shape index (κ2) is 7.45. The SMILES string of the molecule is O=C(NCC(O)c1ccccc1F)c1ccc(OCC2CC2)cc1. The number of amides is 1. The lowest BCUT2D eigenvalue weighted by atomic mass is 10.1. The zero-order valence-electron chi connectivity index (χ0n) is 13.2. The summed E-state index contributed by atoms with van der Waals surface area (Å²) in [6, 6.07) is 12.8. The number of aliphatic hydroxyl groups excluding tert-OH is 1. The highest BCUT2D eigenvalue weighted by Gasteiger charge is 2.21. The van der Waals surface area contributed by atoms with E-state index in [1.807, 2.05) is 0 Å². The van der Waals surface area contributed by atoms with Crippen LogP contribution in [-0.2, 0) is 0 Å². The van der Waals surface area contributed by atoms with Crippen LogP contribution in [0.3, 0.4) is 0 Å². The first-order chi connectivity index (χ1) is 11.6. The maximum atomic E-state index is 13.6. The molecule has 4 nitrogen and oxygen atoms in total. The molecule has 1 unspecified atom stereocenters. The van der Waals surface area contributed by atoms with Gasteiger partial charge in [0, 0.05) is 17.7 Å². The average Bonchev–Trinajstić information content (AvgIpc) is 3.43. The van der Waals surface area contributed by atoms with Gasteiger partial charge in [-0.1, -0.05) is 18.2 Å². The smallest absolute Gasteiger partial charge is 0.251 e. The third kappa shape index (κ3) is 4.32. The van der Waals surface area contributed by atoms with Crippen LogP contribution >= 0.6 is 0 Å². The molecule has 2 N–H and O–H groups in total. The number of carbonyl (C=O) groups excluding carboxylic acids is 1. The molecule has 1 aliphatic carbocycles. The van der Waals surface area contributed by atoms with Crippen molar-refractivity contribution in [1.82, 2.24) is 5.32 Å². The second-order valence-electron chi connectivity index (χ2n) is 6.03. The molecule has 1 atom stereocenters. The molecular weight excluding hydrogens is 309 g/mol. The third-order valence-electron chi connectivity index (χ3n) is 4.02. The van der Waals surface area contributed by atoms with E-state index in [-0.39, 0.29) is 18.0 Å². The summed E-state index contributed by atoms with van der Waals surface area (Å²) in [6.45, 7) is 0.667. The molecule has 126 valence electrons. The average molecular weight is 329 g/mol. The van der Waals surface area contributed by atoms with Crippen molar-refractivity contribution in [2.45, 2.75) is 18.9 Å². The van der Waals surface area contributed by atoms with Crippen LogP contribution in [0.15, 0.2) is 48.5 Å². The zero-order valence-corrected chi connectivity index (χ0v) is 13.2. The van der Waals surface area contributed by atoms with E-state index in [1.54, 1.807) is 36.4 Å². The number of ether oxygens (including phenoxy) is 1. The van der Waals surface area contributed by atoms with Crippen LogP contribution in [0.5, 0.6) is 5.75 Å². The molecule has 0 aromatic heterocycles. The first-order valence-corrected chi connectivity index (χ1v) is 8.07. The molecule has 0 saturated heterocycles. The molecule has 24 heavy (non-hydrogen) atoms. The lowest BCUT2D eigenvalue weighted by molar-refractivity contribution is 0.0914. The van der Waals surface area contributed by atoms with Crippen LogP contribution in [0, 0.1) is 11.7 Å². The number of carbonyl (C=O) groups is 1. The fraction of sp³-hybridized carbons (Fsp3) is 0.316. The Hall–Kier alpha value is -2.40. The molecule has 5 heteroatoms. The van der Waals surface area contributed by atoms with E-state index in [2.05, 4.69) is 5.32 Å². The van der Waals surface area contributed by atoms with Crippen LogP contribution in [-0.4, -0.2) is 24.2 Å². The van der Waals surface area contributed by atoms with Gasteiger partial charge in [0.2, 0.25) is 0 Å². The van der Waals surface area contributed by atoms with E-state index < -0.39 is 11.9 Å². The number of nitrogens with one attached hydrogen (secondary N) is 1. The number of benzene rings is 2. The van der Waals surface area contributed by atoms with Crippen molar-refractivity contribution < 1.29 is 19.0 Å². The molecule has 1 aliphatic rings. The lowest BCUT2D eigenvalue weighted by Crippen LogP contribution is -2.28. The lowest BCUT2D eigenvalue weighted by Gasteiger charge is -2.13. The Bertz CT molecular complexity index is 698.